The third-order valence-corrected chi connectivity index (χ3v) is 4.20. The molecule has 21 heavy (non-hydrogen) atoms. The van der Waals surface area contributed by atoms with E-state index in [1.807, 2.05) is 38.1 Å². The van der Waals surface area contributed by atoms with E-state index in [1.54, 1.807) is 0 Å². The average Bonchev–Trinajstić information content (AvgIpc) is 2.94. The summed E-state index contributed by atoms with van der Waals surface area (Å²) in [5, 5.41) is 0. The van der Waals surface area contributed by atoms with Crippen LogP contribution < -0.4 is 4.74 Å². The van der Waals surface area contributed by atoms with Crippen molar-refractivity contribution in [1.29, 1.82) is 0 Å². The number of morpholine rings is 1. The molecule has 0 bridgehead atoms. The fourth-order valence-corrected chi connectivity index (χ4v) is 3.18. The van der Waals surface area contributed by atoms with Gasteiger partial charge in [-0.3, -0.25) is 9.69 Å². The molecule has 2 unspecified atom stereocenters. The molecule has 2 heterocycles. The highest BCUT2D eigenvalue weighted by atomic mass is 16.5. The highest BCUT2D eigenvalue weighted by Gasteiger charge is 2.36. The fourth-order valence-electron chi connectivity index (χ4n) is 3.18. The monoisotopic (exact) mass is 289 g/mol. The second kappa shape index (κ2) is 6.16. The van der Waals surface area contributed by atoms with Crippen LogP contribution in [0.3, 0.4) is 0 Å². The van der Waals surface area contributed by atoms with Crippen LogP contribution in [0.15, 0.2) is 24.3 Å². The predicted octanol–water partition coefficient (Wildman–Crippen LogP) is 2.52. The Labute approximate surface area is 126 Å². The van der Waals surface area contributed by atoms with E-state index in [0.717, 1.165) is 6.54 Å². The van der Waals surface area contributed by atoms with Crippen LogP contribution >= 0.6 is 0 Å². The molecule has 1 aromatic rings. The molecule has 1 aromatic carbocycles. The highest BCUT2D eigenvalue weighted by Crippen LogP contribution is 2.27. The van der Waals surface area contributed by atoms with Crippen LogP contribution in [-0.4, -0.2) is 48.6 Å². The molecule has 2 saturated heterocycles. The summed E-state index contributed by atoms with van der Waals surface area (Å²) < 4.78 is 11.6. The number of Topliss-reactive ketones (excluding diaryl/α,β-unsaturated/α-hetero) is 1. The first-order valence-electron chi connectivity index (χ1n) is 7.80. The molecule has 0 spiro atoms. The van der Waals surface area contributed by atoms with Crippen molar-refractivity contribution in [1.82, 2.24) is 4.90 Å². The normalized spacial score (nSPS) is 25.9. The molecule has 0 saturated carbocycles. The largest absolute Gasteiger partial charge is 0.490 e. The van der Waals surface area contributed by atoms with E-state index in [4.69, 9.17) is 9.47 Å². The van der Waals surface area contributed by atoms with Crippen LogP contribution in [0, 0.1) is 0 Å². The molecule has 2 aliphatic rings. The summed E-state index contributed by atoms with van der Waals surface area (Å²) in [6.07, 6.45) is 2.08. The third-order valence-electron chi connectivity index (χ3n) is 4.20. The maximum absolute atomic E-state index is 12.8. The number of carbonyl (C=O) groups excluding carboxylic acids is 1. The van der Waals surface area contributed by atoms with E-state index < -0.39 is 0 Å². The Morgan fingerprint density at radius 2 is 2.19 bits per heavy atom. The average molecular weight is 289 g/mol. The molecule has 3 rings (SSSR count). The van der Waals surface area contributed by atoms with Gasteiger partial charge in [0.1, 0.15) is 11.9 Å². The summed E-state index contributed by atoms with van der Waals surface area (Å²) in [6.45, 7) is 6.39. The molecule has 2 atom stereocenters. The predicted molar refractivity (Wildman–Crippen MR) is 80.9 cm³/mol. The first kappa shape index (κ1) is 14.5. The minimum absolute atomic E-state index is 0.0385. The highest BCUT2D eigenvalue weighted by molar-refractivity contribution is 6.02. The van der Waals surface area contributed by atoms with Crippen molar-refractivity contribution in [2.75, 3.05) is 19.7 Å². The molecule has 0 N–H and O–H groups in total. The molecule has 2 fully saturated rings. The van der Waals surface area contributed by atoms with E-state index in [-0.39, 0.29) is 18.0 Å². The summed E-state index contributed by atoms with van der Waals surface area (Å²) in [6, 6.07) is 7.97. The van der Waals surface area contributed by atoms with E-state index >= 15 is 0 Å². The standard InChI is InChI=1S/C17H23NO3/c1-12(2)21-15-8-4-3-7-14(15)17(19)16-10-18-9-5-6-13(18)11-20-16/h3-4,7-8,12-13,16H,5-6,9-11H2,1-2H3. The lowest BCUT2D eigenvalue weighted by Crippen LogP contribution is -2.49. The van der Waals surface area contributed by atoms with Crippen molar-refractivity contribution < 1.29 is 14.3 Å². The van der Waals surface area contributed by atoms with Gasteiger partial charge in [0.2, 0.25) is 0 Å². The maximum atomic E-state index is 12.8. The fraction of sp³-hybridized carbons (Fsp3) is 0.588. The summed E-state index contributed by atoms with van der Waals surface area (Å²) in [4.78, 5) is 15.1. The van der Waals surface area contributed by atoms with Gasteiger partial charge in [0.15, 0.2) is 5.78 Å². The molecule has 0 amide bonds. The van der Waals surface area contributed by atoms with Crippen LogP contribution in [0.1, 0.15) is 37.0 Å². The number of benzene rings is 1. The Morgan fingerprint density at radius 1 is 1.38 bits per heavy atom. The number of carbonyl (C=O) groups is 1. The van der Waals surface area contributed by atoms with Crippen LogP contribution in [0.5, 0.6) is 5.75 Å². The van der Waals surface area contributed by atoms with Crippen molar-refractivity contribution in [3.8, 4) is 5.75 Å². The molecule has 114 valence electrons. The van der Waals surface area contributed by atoms with Crippen LogP contribution in [-0.2, 0) is 4.74 Å². The van der Waals surface area contributed by atoms with Crippen molar-refractivity contribution >= 4 is 5.78 Å². The first-order chi connectivity index (χ1) is 10.1. The number of hydrogen-bond acceptors (Lipinski definition) is 4. The topological polar surface area (TPSA) is 38.8 Å². The summed E-state index contributed by atoms with van der Waals surface area (Å²) in [5.41, 5.74) is 0.633. The molecule has 0 aliphatic carbocycles. The lowest BCUT2D eigenvalue weighted by atomic mass is 10.0. The zero-order valence-electron chi connectivity index (χ0n) is 12.7. The quantitative estimate of drug-likeness (QED) is 0.798. The second-order valence-corrected chi connectivity index (χ2v) is 6.14. The van der Waals surface area contributed by atoms with Gasteiger partial charge in [-0.05, 0) is 45.4 Å². The van der Waals surface area contributed by atoms with Crippen LogP contribution in [0.4, 0.5) is 0 Å². The van der Waals surface area contributed by atoms with E-state index in [9.17, 15) is 4.79 Å². The van der Waals surface area contributed by atoms with Crippen molar-refractivity contribution in [3.05, 3.63) is 29.8 Å². The summed E-state index contributed by atoms with van der Waals surface area (Å²) in [7, 11) is 0. The Kier molecular flexibility index (Phi) is 4.27. The number of para-hydroxylation sites is 1. The van der Waals surface area contributed by atoms with Gasteiger partial charge in [0.05, 0.1) is 18.3 Å². The van der Waals surface area contributed by atoms with E-state index in [1.165, 1.54) is 12.8 Å². The molecule has 4 heteroatoms. The number of rotatable bonds is 4. The van der Waals surface area contributed by atoms with Gasteiger partial charge in [0, 0.05) is 12.6 Å². The zero-order valence-corrected chi connectivity index (χ0v) is 12.7. The number of hydrogen-bond donors (Lipinski definition) is 0. The van der Waals surface area contributed by atoms with Gasteiger partial charge in [-0.25, -0.2) is 0 Å². The number of nitrogens with zero attached hydrogens (tertiary/aromatic N) is 1. The smallest absolute Gasteiger partial charge is 0.196 e. The summed E-state index contributed by atoms with van der Waals surface area (Å²) in [5.74, 6) is 0.696. The van der Waals surface area contributed by atoms with E-state index in [0.29, 0.717) is 30.5 Å². The lowest BCUT2D eigenvalue weighted by molar-refractivity contribution is -0.0346. The number of ketones is 1. The second-order valence-electron chi connectivity index (χ2n) is 6.14. The Hall–Kier alpha value is -1.39. The van der Waals surface area contributed by atoms with Gasteiger partial charge < -0.3 is 9.47 Å². The minimum Gasteiger partial charge on any atom is -0.490 e. The van der Waals surface area contributed by atoms with Crippen LogP contribution in [0.25, 0.3) is 0 Å². The molecule has 0 radical (unpaired) electrons. The van der Waals surface area contributed by atoms with Gasteiger partial charge in [-0.1, -0.05) is 12.1 Å². The Morgan fingerprint density at radius 3 is 3.00 bits per heavy atom. The number of fused-ring (bicyclic) bond motifs is 1. The molecule has 2 aliphatic heterocycles. The van der Waals surface area contributed by atoms with Crippen molar-refractivity contribution in [3.63, 3.8) is 0 Å². The Bertz CT molecular complexity index is 515. The van der Waals surface area contributed by atoms with Gasteiger partial charge in [-0.15, -0.1) is 0 Å². The minimum atomic E-state index is -0.365. The molecular formula is C17H23NO3. The number of ether oxygens (including phenoxy) is 2. The first-order valence-corrected chi connectivity index (χ1v) is 7.80. The van der Waals surface area contributed by atoms with Crippen LogP contribution in [0.2, 0.25) is 0 Å². The van der Waals surface area contributed by atoms with E-state index in [2.05, 4.69) is 4.90 Å². The zero-order chi connectivity index (χ0) is 14.8. The molecule has 4 nitrogen and oxygen atoms in total. The lowest BCUT2D eigenvalue weighted by Gasteiger charge is -2.34. The van der Waals surface area contributed by atoms with Gasteiger partial charge in [0.25, 0.3) is 0 Å². The Balaban J connectivity index is 1.76. The van der Waals surface area contributed by atoms with Gasteiger partial charge in [-0.2, -0.15) is 0 Å². The van der Waals surface area contributed by atoms with Crippen molar-refractivity contribution in [2.24, 2.45) is 0 Å². The molecular weight excluding hydrogens is 266 g/mol. The SMILES string of the molecule is CC(C)Oc1ccccc1C(=O)C1CN2CCCC2CO1. The maximum Gasteiger partial charge on any atom is 0.196 e. The third kappa shape index (κ3) is 3.11. The molecule has 0 aromatic heterocycles. The summed E-state index contributed by atoms with van der Waals surface area (Å²) >= 11 is 0. The van der Waals surface area contributed by atoms with Crippen molar-refractivity contribution in [2.45, 2.75) is 44.9 Å². The van der Waals surface area contributed by atoms with Gasteiger partial charge >= 0.3 is 0 Å².